The molecular formula is C9H11BrN2O2. The number of hydrogen-bond donors (Lipinski definition) is 1. The van der Waals surface area contributed by atoms with Crippen molar-refractivity contribution < 1.29 is 9.53 Å². The van der Waals surface area contributed by atoms with E-state index in [1.165, 1.54) is 0 Å². The van der Waals surface area contributed by atoms with Crippen LogP contribution in [0.1, 0.15) is 18.5 Å². The second-order valence-electron chi connectivity index (χ2n) is 2.67. The van der Waals surface area contributed by atoms with Crippen LogP contribution in [0.15, 0.2) is 22.9 Å². The zero-order valence-corrected chi connectivity index (χ0v) is 9.32. The molecule has 0 bridgehead atoms. The Morgan fingerprint density at radius 1 is 1.71 bits per heavy atom. The van der Waals surface area contributed by atoms with Gasteiger partial charge in [0.05, 0.1) is 6.61 Å². The molecule has 0 aliphatic rings. The van der Waals surface area contributed by atoms with Gasteiger partial charge in [-0.1, -0.05) is 0 Å². The lowest BCUT2D eigenvalue weighted by molar-refractivity contribution is -0.144. The molecule has 1 heterocycles. The molecule has 1 aromatic rings. The van der Waals surface area contributed by atoms with Crippen LogP contribution in [0.25, 0.3) is 0 Å². The first-order chi connectivity index (χ1) is 6.65. The molecule has 0 aliphatic carbocycles. The maximum Gasteiger partial charge on any atom is 0.327 e. The van der Waals surface area contributed by atoms with Crippen LogP contribution in [0.4, 0.5) is 0 Å². The molecule has 1 rings (SSSR count). The Labute approximate surface area is 90.6 Å². The Hall–Kier alpha value is -0.940. The van der Waals surface area contributed by atoms with E-state index < -0.39 is 12.0 Å². The van der Waals surface area contributed by atoms with Gasteiger partial charge < -0.3 is 10.5 Å². The first kappa shape index (κ1) is 11.1. The SMILES string of the molecule is CCOC(=O)C(N)c1cncc(Br)c1. The maximum absolute atomic E-state index is 11.3. The van der Waals surface area contributed by atoms with Gasteiger partial charge in [-0.15, -0.1) is 0 Å². The van der Waals surface area contributed by atoms with Crippen LogP contribution in [0.2, 0.25) is 0 Å². The van der Waals surface area contributed by atoms with Crippen molar-refractivity contribution in [2.75, 3.05) is 6.61 Å². The van der Waals surface area contributed by atoms with Crippen molar-refractivity contribution in [2.45, 2.75) is 13.0 Å². The van der Waals surface area contributed by atoms with Crippen molar-refractivity contribution in [1.29, 1.82) is 0 Å². The minimum absolute atomic E-state index is 0.327. The summed E-state index contributed by atoms with van der Waals surface area (Å²) in [6, 6.07) is 0.981. The molecule has 5 heteroatoms. The van der Waals surface area contributed by atoms with E-state index in [1.54, 1.807) is 25.4 Å². The quantitative estimate of drug-likeness (QED) is 0.833. The third kappa shape index (κ3) is 2.78. The number of nitrogens with two attached hydrogens (primary N) is 1. The predicted octanol–water partition coefficient (Wildman–Crippen LogP) is 1.41. The molecule has 1 aromatic heterocycles. The molecule has 0 saturated heterocycles. The Kier molecular flexibility index (Phi) is 4.03. The standard InChI is InChI=1S/C9H11BrN2O2/c1-2-14-9(13)8(11)6-3-7(10)5-12-4-6/h3-5,8H,2,11H2,1H3. The predicted molar refractivity (Wildman–Crippen MR) is 55.5 cm³/mol. The summed E-state index contributed by atoms with van der Waals surface area (Å²) in [5.74, 6) is -0.438. The Bertz CT molecular complexity index is 330. The summed E-state index contributed by atoms with van der Waals surface area (Å²) in [7, 11) is 0. The number of aromatic nitrogens is 1. The molecule has 0 amide bonds. The van der Waals surface area contributed by atoms with Gasteiger partial charge in [0.25, 0.3) is 0 Å². The summed E-state index contributed by atoms with van der Waals surface area (Å²) in [4.78, 5) is 15.2. The minimum atomic E-state index is -0.764. The molecule has 4 nitrogen and oxygen atoms in total. The number of carbonyl (C=O) groups is 1. The molecule has 0 aromatic carbocycles. The van der Waals surface area contributed by atoms with Gasteiger partial charge in [0.15, 0.2) is 0 Å². The normalized spacial score (nSPS) is 12.2. The topological polar surface area (TPSA) is 65.2 Å². The molecule has 14 heavy (non-hydrogen) atoms. The molecule has 1 unspecified atom stereocenters. The lowest BCUT2D eigenvalue weighted by Gasteiger charge is -2.10. The summed E-state index contributed by atoms with van der Waals surface area (Å²) in [6.07, 6.45) is 3.17. The number of nitrogens with zero attached hydrogens (tertiary/aromatic N) is 1. The average molecular weight is 259 g/mol. The fourth-order valence-corrected chi connectivity index (χ4v) is 1.35. The smallest absolute Gasteiger partial charge is 0.327 e. The van der Waals surface area contributed by atoms with Crippen LogP contribution >= 0.6 is 15.9 Å². The average Bonchev–Trinajstić information content (AvgIpc) is 2.17. The lowest BCUT2D eigenvalue weighted by atomic mass is 10.1. The van der Waals surface area contributed by atoms with E-state index in [0.717, 1.165) is 4.47 Å². The highest BCUT2D eigenvalue weighted by atomic mass is 79.9. The number of esters is 1. The molecule has 0 fully saturated rings. The number of ether oxygens (including phenoxy) is 1. The van der Waals surface area contributed by atoms with E-state index in [1.807, 2.05) is 0 Å². The fourth-order valence-electron chi connectivity index (χ4n) is 0.966. The Balaban J connectivity index is 2.78. The molecule has 0 radical (unpaired) electrons. The van der Waals surface area contributed by atoms with Gasteiger partial charge >= 0.3 is 5.97 Å². The summed E-state index contributed by atoms with van der Waals surface area (Å²) in [5, 5.41) is 0. The third-order valence-corrected chi connectivity index (χ3v) is 2.06. The summed E-state index contributed by atoms with van der Waals surface area (Å²) in [5.41, 5.74) is 6.29. The number of pyridine rings is 1. The van der Waals surface area contributed by atoms with Crippen molar-refractivity contribution in [3.05, 3.63) is 28.5 Å². The monoisotopic (exact) mass is 258 g/mol. The van der Waals surface area contributed by atoms with Crippen LogP contribution in [-0.2, 0) is 9.53 Å². The maximum atomic E-state index is 11.3. The van der Waals surface area contributed by atoms with Crippen molar-refractivity contribution in [2.24, 2.45) is 5.73 Å². The van der Waals surface area contributed by atoms with Crippen molar-refractivity contribution in [3.63, 3.8) is 0 Å². The number of halogens is 1. The molecule has 0 saturated carbocycles. The van der Waals surface area contributed by atoms with E-state index in [4.69, 9.17) is 10.5 Å². The summed E-state index contributed by atoms with van der Waals surface area (Å²) >= 11 is 3.25. The van der Waals surface area contributed by atoms with Crippen LogP contribution in [-0.4, -0.2) is 17.6 Å². The van der Waals surface area contributed by atoms with E-state index in [0.29, 0.717) is 12.2 Å². The molecule has 0 aliphatic heterocycles. The molecule has 0 spiro atoms. The van der Waals surface area contributed by atoms with Crippen LogP contribution in [0.3, 0.4) is 0 Å². The van der Waals surface area contributed by atoms with Crippen molar-refractivity contribution in [1.82, 2.24) is 4.98 Å². The largest absolute Gasteiger partial charge is 0.465 e. The van der Waals surface area contributed by atoms with E-state index in [9.17, 15) is 4.79 Å². The second kappa shape index (κ2) is 5.07. The highest BCUT2D eigenvalue weighted by molar-refractivity contribution is 9.10. The molecular weight excluding hydrogens is 248 g/mol. The fraction of sp³-hybridized carbons (Fsp3) is 0.333. The molecule has 2 N–H and O–H groups in total. The first-order valence-corrected chi connectivity index (χ1v) is 4.97. The highest BCUT2D eigenvalue weighted by Gasteiger charge is 2.17. The van der Waals surface area contributed by atoms with Gasteiger partial charge in [0, 0.05) is 16.9 Å². The summed E-state index contributed by atoms with van der Waals surface area (Å²) in [6.45, 7) is 2.07. The van der Waals surface area contributed by atoms with Gasteiger partial charge in [-0.3, -0.25) is 4.98 Å². The minimum Gasteiger partial charge on any atom is -0.465 e. The van der Waals surface area contributed by atoms with Gasteiger partial charge in [-0.2, -0.15) is 0 Å². The van der Waals surface area contributed by atoms with E-state index >= 15 is 0 Å². The van der Waals surface area contributed by atoms with Crippen LogP contribution in [0, 0.1) is 0 Å². The van der Waals surface area contributed by atoms with Crippen LogP contribution < -0.4 is 5.73 Å². The molecule has 1 atom stereocenters. The molecule has 76 valence electrons. The Morgan fingerprint density at radius 3 is 3.00 bits per heavy atom. The van der Waals surface area contributed by atoms with Crippen molar-refractivity contribution >= 4 is 21.9 Å². The third-order valence-electron chi connectivity index (χ3n) is 1.63. The zero-order chi connectivity index (χ0) is 10.6. The first-order valence-electron chi connectivity index (χ1n) is 4.17. The van der Waals surface area contributed by atoms with E-state index in [-0.39, 0.29) is 0 Å². The second-order valence-corrected chi connectivity index (χ2v) is 3.58. The number of rotatable bonds is 3. The number of carbonyl (C=O) groups excluding carboxylic acids is 1. The van der Waals surface area contributed by atoms with Crippen LogP contribution in [0.5, 0.6) is 0 Å². The van der Waals surface area contributed by atoms with Gasteiger partial charge in [0.1, 0.15) is 6.04 Å². The van der Waals surface area contributed by atoms with Crippen molar-refractivity contribution in [3.8, 4) is 0 Å². The number of hydrogen-bond acceptors (Lipinski definition) is 4. The Morgan fingerprint density at radius 2 is 2.43 bits per heavy atom. The zero-order valence-electron chi connectivity index (χ0n) is 7.74. The van der Waals surface area contributed by atoms with Gasteiger partial charge in [0.2, 0.25) is 0 Å². The summed E-state index contributed by atoms with van der Waals surface area (Å²) < 4.78 is 5.58. The highest BCUT2D eigenvalue weighted by Crippen LogP contribution is 2.15. The van der Waals surface area contributed by atoms with Gasteiger partial charge in [-0.25, -0.2) is 4.79 Å². The van der Waals surface area contributed by atoms with Gasteiger partial charge in [-0.05, 0) is 34.5 Å². The van der Waals surface area contributed by atoms with E-state index in [2.05, 4.69) is 20.9 Å². The lowest BCUT2D eigenvalue weighted by Crippen LogP contribution is -2.23.